The van der Waals surface area contributed by atoms with E-state index in [0.717, 1.165) is 29.8 Å². The number of ether oxygens (including phenoxy) is 1. The third-order valence-corrected chi connectivity index (χ3v) is 6.33. The summed E-state index contributed by atoms with van der Waals surface area (Å²) in [5.41, 5.74) is 4.27. The van der Waals surface area contributed by atoms with Gasteiger partial charge in [-0.05, 0) is 64.3 Å². The summed E-state index contributed by atoms with van der Waals surface area (Å²) in [5, 5.41) is 5.07. The van der Waals surface area contributed by atoms with Crippen LogP contribution in [0.25, 0.3) is 0 Å². The van der Waals surface area contributed by atoms with Crippen molar-refractivity contribution in [2.45, 2.75) is 53.1 Å². The second-order valence-corrected chi connectivity index (χ2v) is 8.80. The molecule has 31 heavy (non-hydrogen) atoms. The number of anilines is 1. The largest absolute Gasteiger partial charge is 0.462 e. The average molecular weight is 439 g/mol. The summed E-state index contributed by atoms with van der Waals surface area (Å²) in [7, 11) is 0. The Labute approximate surface area is 185 Å². The van der Waals surface area contributed by atoms with Crippen molar-refractivity contribution >= 4 is 28.3 Å². The van der Waals surface area contributed by atoms with E-state index in [-0.39, 0.29) is 17.9 Å². The highest BCUT2D eigenvalue weighted by Crippen LogP contribution is 2.36. The maximum atomic E-state index is 13.5. The monoisotopic (exact) mass is 438 g/mol. The van der Waals surface area contributed by atoms with Gasteiger partial charge in [-0.2, -0.15) is 5.10 Å². The lowest BCUT2D eigenvalue weighted by molar-refractivity contribution is 0.0531. The van der Waals surface area contributed by atoms with E-state index in [9.17, 15) is 9.59 Å². The first-order valence-electron chi connectivity index (χ1n) is 10.5. The van der Waals surface area contributed by atoms with Gasteiger partial charge in [0.1, 0.15) is 4.88 Å². The van der Waals surface area contributed by atoms with E-state index < -0.39 is 0 Å². The lowest BCUT2D eigenvalue weighted by Crippen LogP contribution is -2.33. The van der Waals surface area contributed by atoms with Crippen molar-refractivity contribution in [3.05, 3.63) is 63.4 Å². The van der Waals surface area contributed by atoms with Gasteiger partial charge in [-0.15, -0.1) is 0 Å². The molecule has 0 saturated heterocycles. The maximum Gasteiger partial charge on any atom is 0.350 e. The SMILES string of the molecule is CCOC(=O)c1sc(N(C(=O)c2cccc(Cn3nc(C)cc3C)c2)C2CC2)nc1C. The van der Waals surface area contributed by atoms with Crippen molar-refractivity contribution in [2.75, 3.05) is 11.5 Å². The Morgan fingerprint density at radius 3 is 2.65 bits per heavy atom. The van der Waals surface area contributed by atoms with Gasteiger partial charge in [0.25, 0.3) is 5.91 Å². The molecular weight excluding hydrogens is 412 g/mol. The molecule has 2 heterocycles. The average Bonchev–Trinajstić information content (AvgIpc) is 3.41. The van der Waals surface area contributed by atoms with Crippen molar-refractivity contribution in [1.82, 2.24) is 14.8 Å². The van der Waals surface area contributed by atoms with Gasteiger partial charge in [0.05, 0.1) is 24.5 Å². The first-order valence-corrected chi connectivity index (χ1v) is 11.3. The Balaban J connectivity index is 1.61. The highest BCUT2D eigenvalue weighted by atomic mass is 32.1. The number of carbonyl (C=O) groups excluding carboxylic acids is 2. The van der Waals surface area contributed by atoms with E-state index in [1.54, 1.807) is 18.7 Å². The van der Waals surface area contributed by atoms with Crippen LogP contribution in [0.1, 0.15) is 62.4 Å². The maximum absolute atomic E-state index is 13.5. The molecule has 0 atom stereocenters. The molecule has 4 rings (SSSR count). The molecule has 1 aromatic carbocycles. The van der Waals surface area contributed by atoms with Crippen molar-refractivity contribution in [3.8, 4) is 0 Å². The Morgan fingerprint density at radius 1 is 1.23 bits per heavy atom. The minimum atomic E-state index is -0.390. The zero-order valence-electron chi connectivity index (χ0n) is 18.2. The number of hydrogen-bond acceptors (Lipinski definition) is 6. The minimum Gasteiger partial charge on any atom is -0.462 e. The second kappa shape index (κ2) is 8.63. The van der Waals surface area contributed by atoms with E-state index in [4.69, 9.17) is 4.74 Å². The molecular formula is C23H26N4O3S. The molecule has 0 aliphatic heterocycles. The molecule has 0 N–H and O–H groups in total. The summed E-state index contributed by atoms with van der Waals surface area (Å²) >= 11 is 1.22. The predicted molar refractivity (Wildman–Crippen MR) is 120 cm³/mol. The lowest BCUT2D eigenvalue weighted by atomic mass is 10.1. The molecule has 1 aliphatic rings. The molecule has 1 aliphatic carbocycles. The van der Waals surface area contributed by atoms with Crippen LogP contribution in [0.15, 0.2) is 30.3 Å². The molecule has 1 amide bonds. The fourth-order valence-electron chi connectivity index (χ4n) is 3.56. The number of thiazole rings is 1. The molecule has 0 bridgehead atoms. The van der Waals surface area contributed by atoms with Gasteiger partial charge in [-0.1, -0.05) is 23.5 Å². The molecule has 162 valence electrons. The number of carbonyl (C=O) groups is 2. The molecule has 0 unspecified atom stereocenters. The number of benzene rings is 1. The van der Waals surface area contributed by atoms with Crippen molar-refractivity contribution in [2.24, 2.45) is 0 Å². The zero-order valence-corrected chi connectivity index (χ0v) is 19.0. The van der Waals surface area contributed by atoms with Crippen LogP contribution < -0.4 is 4.90 Å². The topological polar surface area (TPSA) is 77.3 Å². The summed E-state index contributed by atoms with van der Waals surface area (Å²) in [6.45, 7) is 8.45. The van der Waals surface area contributed by atoms with Gasteiger partial charge in [0.15, 0.2) is 5.13 Å². The standard InChI is InChI=1S/C23H26N4O3S/c1-5-30-22(29)20-16(4)24-23(31-20)27(19-9-10-19)21(28)18-8-6-7-17(12-18)13-26-15(3)11-14(2)25-26/h6-8,11-12,19H,5,9-10,13H2,1-4H3. The summed E-state index contributed by atoms with van der Waals surface area (Å²) in [4.78, 5) is 32.4. The summed E-state index contributed by atoms with van der Waals surface area (Å²) in [5.74, 6) is -0.485. The molecule has 3 aromatic rings. The second-order valence-electron chi connectivity index (χ2n) is 7.82. The summed E-state index contributed by atoms with van der Waals surface area (Å²) in [6.07, 6.45) is 1.87. The van der Waals surface area contributed by atoms with Gasteiger partial charge in [0.2, 0.25) is 0 Å². The Hall–Kier alpha value is -3.00. The number of aryl methyl sites for hydroxylation is 3. The van der Waals surface area contributed by atoms with Crippen molar-refractivity contribution < 1.29 is 14.3 Å². The molecule has 8 heteroatoms. The number of rotatable bonds is 7. The molecule has 0 spiro atoms. The lowest BCUT2D eigenvalue weighted by Gasteiger charge is -2.20. The minimum absolute atomic E-state index is 0.0955. The van der Waals surface area contributed by atoms with E-state index in [1.807, 2.05) is 48.9 Å². The first kappa shape index (κ1) is 21.2. The molecule has 0 radical (unpaired) electrons. The Kier molecular flexibility index (Phi) is 5.91. The van der Waals surface area contributed by atoms with Gasteiger partial charge >= 0.3 is 5.97 Å². The van der Waals surface area contributed by atoms with Crippen LogP contribution >= 0.6 is 11.3 Å². The van der Waals surface area contributed by atoms with Crippen LogP contribution in [-0.2, 0) is 11.3 Å². The van der Waals surface area contributed by atoms with Crippen LogP contribution in [0.5, 0.6) is 0 Å². The van der Waals surface area contributed by atoms with Crippen LogP contribution in [0.2, 0.25) is 0 Å². The van der Waals surface area contributed by atoms with Gasteiger partial charge in [-0.25, -0.2) is 9.78 Å². The van der Waals surface area contributed by atoms with Crippen LogP contribution in [-0.4, -0.2) is 39.3 Å². The normalized spacial score (nSPS) is 13.3. The third kappa shape index (κ3) is 4.54. The Morgan fingerprint density at radius 2 is 2.00 bits per heavy atom. The summed E-state index contributed by atoms with van der Waals surface area (Å²) in [6, 6.07) is 9.80. The molecule has 1 fully saturated rings. The van der Waals surface area contributed by atoms with E-state index >= 15 is 0 Å². The van der Waals surface area contributed by atoms with Gasteiger partial charge in [0, 0.05) is 17.3 Å². The van der Waals surface area contributed by atoms with E-state index in [1.165, 1.54) is 11.3 Å². The van der Waals surface area contributed by atoms with Gasteiger partial charge in [-0.3, -0.25) is 14.4 Å². The molecule has 7 nitrogen and oxygen atoms in total. The zero-order chi connectivity index (χ0) is 22.1. The molecule has 2 aromatic heterocycles. The smallest absolute Gasteiger partial charge is 0.350 e. The highest BCUT2D eigenvalue weighted by Gasteiger charge is 2.37. The third-order valence-electron chi connectivity index (χ3n) is 5.19. The fourth-order valence-corrected chi connectivity index (χ4v) is 4.59. The summed E-state index contributed by atoms with van der Waals surface area (Å²) < 4.78 is 7.06. The van der Waals surface area contributed by atoms with Crippen molar-refractivity contribution in [1.29, 1.82) is 0 Å². The number of esters is 1. The predicted octanol–water partition coefficient (Wildman–Crippen LogP) is 4.30. The van der Waals surface area contributed by atoms with E-state index in [2.05, 4.69) is 10.1 Å². The molecule has 1 saturated carbocycles. The quantitative estimate of drug-likeness (QED) is 0.514. The van der Waals surface area contributed by atoms with Gasteiger partial charge < -0.3 is 4.74 Å². The number of amides is 1. The number of nitrogens with zero attached hydrogens (tertiary/aromatic N) is 4. The number of aromatic nitrogens is 3. The van der Waals surface area contributed by atoms with Crippen molar-refractivity contribution in [3.63, 3.8) is 0 Å². The first-order chi connectivity index (χ1) is 14.9. The number of hydrogen-bond donors (Lipinski definition) is 0. The van der Waals surface area contributed by atoms with Crippen LogP contribution in [0.3, 0.4) is 0 Å². The van der Waals surface area contributed by atoms with E-state index in [0.29, 0.717) is 34.4 Å². The Bertz CT molecular complexity index is 1130. The van der Waals surface area contributed by atoms with Crippen LogP contribution in [0.4, 0.5) is 5.13 Å². The fraction of sp³-hybridized carbons (Fsp3) is 0.391. The van der Waals surface area contributed by atoms with Crippen LogP contribution in [0, 0.1) is 20.8 Å². The highest BCUT2D eigenvalue weighted by molar-refractivity contribution is 7.17.